The lowest BCUT2D eigenvalue weighted by molar-refractivity contribution is -0.121. The van der Waals surface area contributed by atoms with Gasteiger partial charge in [-0.25, -0.2) is 4.79 Å². The molecule has 1 N–H and O–H groups in total. The molecule has 0 saturated heterocycles. The second-order valence-electron chi connectivity index (χ2n) is 5.65. The molecule has 138 valence electrons. The molecule has 0 fully saturated rings. The number of aryl methyl sites for hydroxylation is 1. The Balaban J connectivity index is 1.83. The number of carbonyl (C=O) groups is 2. The van der Waals surface area contributed by atoms with Crippen LogP contribution in [0.2, 0.25) is 0 Å². The topological polar surface area (TPSA) is 73.9 Å². The number of ether oxygens (including phenoxy) is 3. The van der Waals surface area contributed by atoms with Gasteiger partial charge in [0.25, 0.3) is 0 Å². The molecule has 0 saturated carbocycles. The van der Waals surface area contributed by atoms with E-state index in [2.05, 4.69) is 10.1 Å². The molecule has 0 unspecified atom stereocenters. The molecule has 6 heteroatoms. The summed E-state index contributed by atoms with van der Waals surface area (Å²) in [5, 5.41) is 2.87. The highest BCUT2D eigenvalue weighted by molar-refractivity contribution is 5.89. The quantitative estimate of drug-likeness (QED) is 0.736. The van der Waals surface area contributed by atoms with Crippen LogP contribution in [0.25, 0.3) is 0 Å². The fourth-order valence-corrected chi connectivity index (χ4v) is 2.46. The van der Waals surface area contributed by atoms with Crippen molar-refractivity contribution in [1.29, 1.82) is 0 Å². The number of amides is 1. The first-order chi connectivity index (χ1) is 12.6. The Bertz CT molecular complexity index is 755. The van der Waals surface area contributed by atoms with Crippen molar-refractivity contribution in [1.82, 2.24) is 5.32 Å². The minimum absolute atomic E-state index is 0.0446. The Morgan fingerprint density at radius 1 is 0.885 bits per heavy atom. The summed E-state index contributed by atoms with van der Waals surface area (Å²) in [6.07, 6.45) is 0.975. The van der Waals surface area contributed by atoms with Crippen LogP contribution in [0.1, 0.15) is 27.9 Å². The minimum Gasteiger partial charge on any atom is -0.493 e. The van der Waals surface area contributed by atoms with Gasteiger partial charge in [-0.15, -0.1) is 0 Å². The Kier molecular flexibility index (Phi) is 7.02. The highest BCUT2D eigenvalue weighted by Gasteiger charge is 2.08. The molecule has 0 bridgehead atoms. The number of benzene rings is 2. The summed E-state index contributed by atoms with van der Waals surface area (Å²) < 4.78 is 15.1. The zero-order valence-corrected chi connectivity index (χ0v) is 15.2. The summed E-state index contributed by atoms with van der Waals surface area (Å²) in [6.45, 7) is 0.409. The van der Waals surface area contributed by atoms with Crippen LogP contribution in [0.3, 0.4) is 0 Å². The molecule has 26 heavy (non-hydrogen) atoms. The van der Waals surface area contributed by atoms with E-state index in [1.807, 2.05) is 18.2 Å². The molecule has 0 spiro atoms. The molecule has 0 aromatic heterocycles. The number of carbonyl (C=O) groups excluding carboxylic acids is 2. The lowest BCUT2D eigenvalue weighted by Crippen LogP contribution is -2.23. The number of hydrogen-bond donors (Lipinski definition) is 1. The van der Waals surface area contributed by atoms with Gasteiger partial charge in [0.05, 0.1) is 26.9 Å². The average molecular weight is 357 g/mol. The van der Waals surface area contributed by atoms with Gasteiger partial charge >= 0.3 is 5.97 Å². The molecule has 0 aliphatic rings. The van der Waals surface area contributed by atoms with Gasteiger partial charge in [-0.3, -0.25) is 4.79 Å². The summed E-state index contributed by atoms with van der Waals surface area (Å²) >= 11 is 0. The molecule has 0 atom stereocenters. The number of esters is 1. The van der Waals surface area contributed by atoms with E-state index in [0.717, 1.165) is 11.1 Å². The molecule has 0 heterocycles. The molecular formula is C20H23NO5. The first-order valence-electron chi connectivity index (χ1n) is 8.22. The highest BCUT2D eigenvalue weighted by atomic mass is 16.5. The van der Waals surface area contributed by atoms with E-state index in [1.165, 1.54) is 7.11 Å². The van der Waals surface area contributed by atoms with Crippen molar-refractivity contribution in [2.75, 3.05) is 21.3 Å². The number of hydrogen-bond acceptors (Lipinski definition) is 5. The molecule has 2 aromatic rings. The maximum atomic E-state index is 12.0. The van der Waals surface area contributed by atoms with Gasteiger partial charge in [0.1, 0.15) is 0 Å². The van der Waals surface area contributed by atoms with Crippen molar-refractivity contribution in [2.45, 2.75) is 19.4 Å². The normalized spacial score (nSPS) is 10.1. The molecule has 2 rings (SSSR count). The molecule has 1 amide bonds. The Morgan fingerprint density at radius 2 is 1.54 bits per heavy atom. The van der Waals surface area contributed by atoms with Crippen molar-refractivity contribution in [2.24, 2.45) is 0 Å². The summed E-state index contributed by atoms with van der Waals surface area (Å²) in [7, 11) is 4.51. The predicted molar refractivity (Wildman–Crippen MR) is 97.5 cm³/mol. The Morgan fingerprint density at radius 3 is 2.15 bits per heavy atom. The van der Waals surface area contributed by atoms with Gasteiger partial charge < -0.3 is 19.5 Å². The van der Waals surface area contributed by atoms with E-state index in [0.29, 0.717) is 36.4 Å². The smallest absolute Gasteiger partial charge is 0.337 e. The van der Waals surface area contributed by atoms with Gasteiger partial charge in [0, 0.05) is 13.0 Å². The van der Waals surface area contributed by atoms with E-state index < -0.39 is 0 Å². The van der Waals surface area contributed by atoms with Crippen LogP contribution >= 0.6 is 0 Å². The minimum atomic E-state index is -0.379. The molecule has 2 aromatic carbocycles. The Hall–Kier alpha value is -3.02. The summed E-state index contributed by atoms with van der Waals surface area (Å²) in [5.74, 6) is 0.888. The molecule has 6 nitrogen and oxygen atoms in total. The van der Waals surface area contributed by atoms with Crippen LogP contribution in [-0.4, -0.2) is 33.2 Å². The van der Waals surface area contributed by atoms with Crippen molar-refractivity contribution in [3.8, 4) is 11.5 Å². The number of methoxy groups -OCH3 is 3. The van der Waals surface area contributed by atoms with Gasteiger partial charge in [0.15, 0.2) is 11.5 Å². The van der Waals surface area contributed by atoms with E-state index >= 15 is 0 Å². The monoisotopic (exact) mass is 357 g/mol. The fraction of sp³-hybridized carbons (Fsp3) is 0.300. The van der Waals surface area contributed by atoms with Crippen molar-refractivity contribution < 1.29 is 23.8 Å². The van der Waals surface area contributed by atoms with Crippen LogP contribution in [0, 0.1) is 0 Å². The van der Waals surface area contributed by atoms with Gasteiger partial charge in [-0.1, -0.05) is 18.2 Å². The molecule has 0 aliphatic heterocycles. The Labute approximate surface area is 153 Å². The van der Waals surface area contributed by atoms with Crippen molar-refractivity contribution in [3.05, 3.63) is 59.2 Å². The van der Waals surface area contributed by atoms with Gasteiger partial charge in [0.2, 0.25) is 5.91 Å². The highest BCUT2D eigenvalue weighted by Crippen LogP contribution is 2.27. The van der Waals surface area contributed by atoms with E-state index in [1.54, 1.807) is 38.5 Å². The summed E-state index contributed by atoms with van der Waals surface area (Å²) in [6, 6.07) is 12.6. The van der Waals surface area contributed by atoms with E-state index in [4.69, 9.17) is 9.47 Å². The largest absolute Gasteiger partial charge is 0.493 e. The fourth-order valence-electron chi connectivity index (χ4n) is 2.46. The van der Waals surface area contributed by atoms with Crippen molar-refractivity contribution >= 4 is 11.9 Å². The zero-order valence-electron chi connectivity index (χ0n) is 15.2. The van der Waals surface area contributed by atoms with Crippen LogP contribution in [0.15, 0.2) is 42.5 Å². The zero-order chi connectivity index (χ0) is 18.9. The molecular weight excluding hydrogens is 334 g/mol. The SMILES string of the molecule is COC(=O)c1ccc(CNC(=O)CCc2ccc(OC)c(OC)c2)cc1. The lowest BCUT2D eigenvalue weighted by Gasteiger charge is -2.10. The third-order valence-corrected chi connectivity index (χ3v) is 3.95. The molecule has 0 aliphatic carbocycles. The lowest BCUT2D eigenvalue weighted by atomic mass is 10.1. The van der Waals surface area contributed by atoms with Gasteiger partial charge in [-0.2, -0.15) is 0 Å². The summed E-state index contributed by atoms with van der Waals surface area (Å²) in [5.41, 5.74) is 2.40. The number of nitrogens with one attached hydrogen (secondary N) is 1. The first kappa shape index (κ1) is 19.3. The standard InChI is InChI=1S/C20H23NO5/c1-24-17-10-6-14(12-18(17)25-2)7-11-19(22)21-13-15-4-8-16(9-5-15)20(23)26-3/h4-6,8-10,12H,7,11,13H2,1-3H3,(H,21,22). The average Bonchev–Trinajstić information content (AvgIpc) is 2.70. The first-order valence-corrected chi connectivity index (χ1v) is 8.22. The van der Waals surface area contributed by atoms with Crippen LogP contribution in [0.4, 0.5) is 0 Å². The third kappa shape index (κ3) is 5.24. The predicted octanol–water partition coefficient (Wildman–Crippen LogP) is 2.74. The maximum Gasteiger partial charge on any atom is 0.337 e. The second-order valence-corrected chi connectivity index (χ2v) is 5.65. The van der Waals surface area contributed by atoms with Crippen LogP contribution in [-0.2, 0) is 22.5 Å². The van der Waals surface area contributed by atoms with E-state index in [9.17, 15) is 9.59 Å². The van der Waals surface area contributed by atoms with Crippen LogP contribution < -0.4 is 14.8 Å². The second kappa shape index (κ2) is 9.46. The van der Waals surface area contributed by atoms with Gasteiger partial charge in [-0.05, 0) is 41.8 Å². The third-order valence-electron chi connectivity index (χ3n) is 3.95. The van der Waals surface area contributed by atoms with Crippen molar-refractivity contribution in [3.63, 3.8) is 0 Å². The summed E-state index contributed by atoms with van der Waals surface area (Å²) in [4.78, 5) is 23.4. The number of rotatable bonds is 8. The van der Waals surface area contributed by atoms with E-state index in [-0.39, 0.29) is 11.9 Å². The maximum absolute atomic E-state index is 12.0. The molecule has 0 radical (unpaired) electrons. The van der Waals surface area contributed by atoms with Crippen LogP contribution in [0.5, 0.6) is 11.5 Å².